The van der Waals surface area contributed by atoms with Gasteiger partial charge in [0.1, 0.15) is 0 Å². The van der Waals surface area contributed by atoms with Crippen LogP contribution in [-0.4, -0.2) is 30.5 Å². The first-order chi connectivity index (χ1) is 9.93. The first kappa shape index (κ1) is 16.4. The second-order valence-corrected chi connectivity index (χ2v) is 7.00. The van der Waals surface area contributed by atoms with Gasteiger partial charge in [0.05, 0.1) is 13.2 Å². The van der Waals surface area contributed by atoms with Crippen molar-refractivity contribution in [2.24, 2.45) is 5.92 Å². The van der Waals surface area contributed by atoms with Gasteiger partial charge >= 0.3 is 5.97 Å². The van der Waals surface area contributed by atoms with Gasteiger partial charge in [0.25, 0.3) is 0 Å². The average molecular weight is 308 g/mol. The summed E-state index contributed by atoms with van der Waals surface area (Å²) in [6.07, 6.45) is -0.423. The maximum absolute atomic E-state index is 11.9. The van der Waals surface area contributed by atoms with E-state index in [9.17, 15) is 4.79 Å². The van der Waals surface area contributed by atoms with Crippen LogP contribution in [0.2, 0.25) is 0 Å². The molecule has 1 aliphatic heterocycles. The Kier molecular flexibility index (Phi) is 5.33. The van der Waals surface area contributed by atoms with Gasteiger partial charge in [0, 0.05) is 16.1 Å². The van der Waals surface area contributed by atoms with Gasteiger partial charge in [0.15, 0.2) is 6.10 Å². The summed E-state index contributed by atoms with van der Waals surface area (Å²) >= 11 is 1.83. The van der Waals surface area contributed by atoms with Gasteiger partial charge in [-0.05, 0) is 38.8 Å². The van der Waals surface area contributed by atoms with Crippen LogP contribution in [0.4, 0.5) is 0 Å². The van der Waals surface area contributed by atoms with Crippen LogP contribution in [0.3, 0.4) is 0 Å². The average Bonchev–Trinajstić information content (AvgIpc) is 2.75. The monoisotopic (exact) mass is 308 g/mol. The quantitative estimate of drug-likeness (QED) is 0.795. The molecule has 1 heterocycles. The van der Waals surface area contributed by atoms with Crippen molar-refractivity contribution in [3.05, 3.63) is 28.8 Å². The maximum atomic E-state index is 11.9. The molecule has 4 heteroatoms. The van der Waals surface area contributed by atoms with Crippen LogP contribution in [0.1, 0.15) is 30.5 Å². The highest BCUT2D eigenvalue weighted by molar-refractivity contribution is 8.00. The number of carbonyl (C=O) groups is 1. The Hall–Kier alpha value is -1.00. The summed E-state index contributed by atoms with van der Waals surface area (Å²) in [4.78, 5) is 13.2. The molecule has 2 rings (SSSR count). The van der Waals surface area contributed by atoms with Gasteiger partial charge in [0.2, 0.25) is 0 Å². The van der Waals surface area contributed by atoms with Crippen molar-refractivity contribution in [3.63, 3.8) is 0 Å². The smallest absolute Gasteiger partial charge is 0.335 e. The summed E-state index contributed by atoms with van der Waals surface area (Å²) in [6, 6.07) is 4.41. The molecule has 1 aromatic carbocycles. The van der Waals surface area contributed by atoms with Crippen molar-refractivity contribution in [1.82, 2.24) is 0 Å². The van der Waals surface area contributed by atoms with Crippen molar-refractivity contribution in [2.45, 2.75) is 50.9 Å². The van der Waals surface area contributed by atoms with E-state index >= 15 is 0 Å². The molecule has 21 heavy (non-hydrogen) atoms. The predicted molar refractivity (Wildman–Crippen MR) is 85.8 cm³/mol. The topological polar surface area (TPSA) is 35.5 Å². The van der Waals surface area contributed by atoms with E-state index in [0.29, 0.717) is 18.5 Å². The van der Waals surface area contributed by atoms with E-state index in [1.807, 2.05) is 18.7 Å². The molecule has 0 spiro atoms. The Morgan fingerprint density at radius 3 is 2.52 bits per heavy atom. The fraction of sp³-hybridized carbons (Fsp3) is 0.588. The van der Waals surface area contributed by atoms with Crippen LogP contribution in [0.15, 0.2) is 17.0 Å². The molecule has 116 valence electrons. The van der Waals surface area contributed by atoms with E-state index in [4.69, 9.17) is 9.47 Å². The molecule has 0 saturated carbocycles. The number of ether oxygens (including phenoxy) is 2. The minimum atomic E-state index is -0.423. The Labute approximate surface area is 131 Å². The summed E-state index contributed by atoms with van der Waals surface area (Å²) in [6.45, 7) is 11.3. The highest BCUT2D eigenvalue weighted by atomic mass is 32.2. The lowest BCUT2D eigenvalue weighted by Crippen LogP contribution is -2.29. The molecule has 0 N–H and O–H groups in total. The van der Waals surface area contributed by atoms with Crippen LogP contribution in [0.5, 0.6) is 0 Å². The zero-order valence-electron chi connectivity index (χ0n) is 13.4. The Morgan fingerprint density at radius 1 is 1.33 bits per heavy atom. The lowest BCUT2D eigenvalue weighted by Gasteiger charge is -2.19. The lowest BCUT2D eigenvalue weighted by molar-refractivity contribution is -0.155. The van der Waals surface area contributed by atoms with Crippen LogP contribution in [-0.2, 0) is 14.3 Å². The third-order valence-corrected chi connectivity index (χ3v) is 5.64. The number of esters is 1. The van der Waals surface area contributed by atoms with Crippen LogP contribution >= 0.6 is 11.8 Å². The normalized spacial score (nSPS) is 25.1. The zero-order chi connectivity index (χ0) is 15.6. The Balaban J connectivity index is 2.10. The number of carbonyl (C=O) groups excluding carboxylic acids is 1. The number of hydrogen-bond donors (Lipinski definition) is 0. The molecule has 1 fully saturated rings. The number of aryl methyl sites for hydroxylation is 3. The van der Waals surface area contributed by atoms with Crippen molar-refractivity contribution < 1.29 is 14.3 Å². The summed E-state index contributed by atoms with van der Waals surface area (Å²) in [5.41, 5.74) is 3.88. The fourth-order valence-corrected chi connectivity index (χ4v) is 4.15. The molecule has 0 radical (unpaired) electrons. The largest absolute Gasteiger partial charge is 0.464 e. The lowest BCUT2D eigenvalue weighted by atomic mass is 10.0. The molecule has 0 aliphatic carbocycles. The Morgan fingerprint density at radius 2 is 1.95 bits per heavy atom. The van der Waals surface area contributed by atoms with E-state index in [1.165, 1.54) is 21.6 Å². The second kappa shape index (κ2) is 6.84. The molecule has 0 amide bonds. The maximum Gasteiger partial charge on any atom is 0.335 e. The second-order valence-electron chi connectivity index (χ2n) is 5.75. The number of hydrogen-bond acceptors (Lipinski definition) is 4. The SMILES string of the molecule is CCOC(=O)C1OCC(Sc2c(C)cc(C)cc2C)C1C. The van der Waals surface area contributed by atoms with Gasteiger partial charge in [-0.25, -0.2) is 4.79 Å². The molecule has 1 aromatic rings. The molecule has 3 nitrogen and oxygen atoms in total. The third-order valence-electron chi connectivity index (χ3n) is 3.90. The van der Waals surface area contributed by atoms with Gasteiger partial charge in [-0.1, -0.05) is 24.6 Å². The molecule has 0 aromatic heterocycles. The number of benzene rings is 1. The molecule has 3 unspecified atom stereocenters. The highest BCUT2D eigenvalue weighted by Crippen LogP contribution is 2.38. The standard InChI is InChI=1S/C17H24O3S/c1-6-19-17(18)15-13(5)14(9-20-15)21-16-11(3)7-10(2)8-12(16)4/h7-8,13-15H,6,9H2,1-5H3. The highest BCUT2D eigenvalue weighted by Gasteiger charge is 2.40. The van der Waals surface area contributed by atoms with Gasteiger partial charge in [-0.2, -0.15) is 0 Å². The van der Waals surface area contributed by atoms with Gasteiger partial charge in [-0.3, -0.25) is 0 Å². The van der Waals surface area contributed by atoms with Crippen LogP contribution in [0, 0.1) is 26.7 Å². The summed E-state index contributed by atoms with van der Waals surface area (Å²) < 4.78 is 10.8. The van der Waals surface area contributed by atoms with E-state index in [2.05, 4.69) is 39.8 Å². The van der Waals surface area contributed by atoms with Crippen molar-refractivity contribution in [2.75, 3.05) is 13.2 Å². The zero-order valence-corrected chi connectivity index (χ0v) is 14.3. The molecule has 0 bridgehead atoms. The summed E-state index contributed by atoms with van der Waals surface area (Å²) in [5, 5.41) is 0.291. The fourth-order valence-electron chi connectivity index (χ4n) is 2.85. The van der Waals surface area contributed by atoms with E-state index in [-0.39, 0.29) is 11.9 Å². The van der Waals surface area contributed by atoms with E-state index < -0.39 is 6.10 Å². The molecular weight excluding hydrogens is 284 g/mol. The van der Waals surface area contributed by atoms with E-state index in [1.54, 1.807) is 0 Å². The molecule has 1 saturated heterocycles. The van der Waals surface area contributed by atoms with Crippen molar-refractivity contribution in [3.8, 4) is 0 Å². The molecule has 1 aliphatic rings. The van der Waals surface area contributed by atoms with Crippen molar-refractivity contribution in [1.29, 1.82) is 0 Å². The first-order valence-electron chi connectivity index (χ1n) is 7.46. The predicted octanol–water partition coefficient (Wildman–Crippen LogP) is 3.67. The number of thioether (sulfide) groups is 1. The summed E-state index contributed by atoms with van der Waals surface area (Å²) in [7, 11) is 0. The van der Waals surface area contributed by atoms with Gasteiger partial charge < -0.3 is 9.47 Å². The minimum absolute atomic E-state index is 0.161. The van der Waals surface area contributed by atoms with Crippen LogP contribution < -0.4 is 0 Å². The Bertz CT molecular complexity index is 504. The van der Waals surface area contributed by atoms with Gasteiger partial charge in [-0.15, -0.1) is 11.8 Å². The van der Waals surface area contributed by atoms with Crippen molar-refractivity contribution >= 4 is 17.7 Å². The summed E-state index contributed by atoms with van der Waals surface area (Å²) in [5.74, 6) is -0.0698. The minimum Gasteiger partial charge on any atom is -0.464 e. The molecule has 3 atom stereocenters. The van der Waals surface area contributed by atoms with E-state index in [0.717, 1.165) is 0 Å². The third kappa shape index (κ3) is 3.61. The van der Waals surface area contributed by atoms with Crippen LogP contribution in [0.25, 0.3) is 0 Å². The molecular formula is C17H24O3S. The first-order valence-corrected chi connectivity index (χ1v) is 8.34. The number of rotatable bonds is 4.